The fraction of sp³-hybridized carbons (Fsp3) is 0.273. The molecular formula is C22H25NO5. The van der Waals surface area contributed by atoms with Gasteiger partial charge in [-0.1, -0.05) is 19.1 Å². The normalized spacial score (nSPS) is 10.5. The highest BCUT2D eigenvalue weighted by Crippen LogP contribution is 2.28. The minimum absolute atomic E-state index is 0.296. The largest absolute Gasteiger partial charge is 0.493 e. The Kier molecular flexibility index (Phi) is 8.09. The summed E-state index contributed by atoms with van der Waals surface area (Å²) in [5.74, 6) is 0.540. The molecule has 2 rings (SSSR count). The Morgan fingerprint density at radius 1 is 1.07 bits per heavy atom. The summed E-state index contributed by atoms with van der Waals surface area (Å²) < 4.78 is 15.9. The minimum atomic E-state index is -0.424. The maximum absolute atomic E-state index is 12.2. The van der Waals surface area contributed by atoms with Crippen LogP contribution in [0, 0.1) is 0 Å². The highest BCUT2D eigenvalue weighted by molar-refractivity contribution is 6.02. The number of hydrogen-bond donors (Lipinski definition) is 1. The second kappa shape index (κ2) is 10.8. The van der Waals surface area contributed by atoms with Crippen LogP contribution < -0.4 is 14.8 Å². The van der Waals surface area contributed by atoms with Crippen LogP contribution in [0.1, 0.15) is 36.2 Å². The molecule has 0 spiro atoms. The smallest absolute Gasteiger partial charge is 0.338 e. The van der Waals surface area contributed by atoms with E-state index in [-0.39, 0.29) is 5.91 Å². The Morgan fingerprint density at radius 3 is 2.61 bits per heavy atom. The molecule has 0 radical (unpaired) electrons. The third-order valence-electron chi connectivity index (χ3n) is 3.72. The number of rotatable bonds is 9. The summed E-state index contributed by atoms with van der Waals surface area (Å²) in [5.41, 5.74) is 1.70. The highest BCUT2D eigenvalue weighted by atomic mass is 16.5. The van der Waals surface area contributed by atoms with Crippen molar-refractivity contribution in [1.82, 2.24) is 0 Å². The first-order chi connectivity index (χ1) is 13.6. The van der Waals surface area contributed by atoms with E-state index in [4.69, 9.17) is 14.2 Å². The maximum Gasteiger partial charge on any atom is 0.338 e. The standard InChI is InChI=1S/C22H25NO5/c1-4-13-28-19-11-9-16(14-20(19)26-3)10-12-21(24)23-18-8-6-7-17(15-18)22(25)27-5-2/h6-12,14-15H,4-5,13H2,1-3H3,(H,23,24). The predicted molar refractivity (Wildman–Crippen MR) is 109 cm³/mol. The van der Waals surface area contributed by atoms with Crippen molar-refractivity contribution in [2.45, 2.75) is 20.3 Å². The van der Waals surface area contributed by atoms with Gasteiger partial charge in [-0.15, -0.1) is 0 Å². The van der Waals surface area contributed by atoms with Crippen molar-refractivity contribution >= 4 is 23.6 Å². The Labute approximate surface area is 165 Å². The average Bonchev–Trinajstić information content (AvgIpc) is 2.71. The Hall–Kier alpha value is -3.28. The zero-order chi connectivity index (χ0) is 20.4. The van der Waals surface area contributed by atoms with Gasteiger partial charge in [0.05, 0.1) is 25.9 Å². The quantitative estimate of drug-likeness (QED) is 0.516. The molecule has 1 N–H and O–H groups in total. The molecule has 2 aromatic carbocycles. The van der Waals surface area contributed by atoms with E-state index in [0.717, 1.165) is 12.0 Å². The first-order valence-electron chi connectivity index (χ1n) is 9.14. The fourth-order valence-electron chi connectivity index (χ4n) is 2.41. The van der Waals surface area contributed by atoms with E-state index in [1.54, 1.807) is 50.4 Å². The lowest BCUT2D eigenvalue weighted by molar-refractivity contribution is -0.111. The molecule has 28 heavy (non-hydrogen) atoms. The van der Waals surface area contributed by atoms with Crippen LogP contribution in [0.25, 0.3) is 6.08 Å². The summed E-state index contributed by atoms with van der Waals surface area (Å²) in [7, 11) is 1.57. The lowest BCUT2D eigenvalue weighted by Crippen LogP contribution is -2.09. The van der Waals surface area contributed by atoms with Crippen LogP contribution in [0.2, 0.25) is 0 Å². The van der Waals surface area contributed by atoms with E-state index in [1.165, 1.54) is 6.08 Å². The Balaban J connectivity index is 2.04. The van der Waals surface area contributed by atoms with Gasteiger partial charge in [-0.25, -0.2) is 4.79 Å². The molecule has 0 saturated carbocycles. The van der Waals surface area contributed by atoms with Gasteiger partial charge in [0.2, 0.25) is 5.91 Å². The number of nitrogens with one attached hydrogen (secondary N) is 1. The summed E-state index contributed by atoms with van der Waals surface area (Å²) in [5, 5.41) is 2.73. The Morgan fingerprint density at radius 2 is 1.89 bits per heavy atom. The number of carbonyl (C=O) groups excluding carboxylic acids is 2. The van der Waals surface area contributed by atoms with Crippen molar-refractivity contribution in [1.29, 1.82) is 0 Å². The van der Waals surface area contributed by atoms with E-state index in [9.17, 15) is 9.59 Å². The van der Waals surface area contributed by atoms with Crippen LogP contribution in [0.5, 0.6) is 11.5 Å². The van der Waals surface area contributed by atoms with Crippen LogP contribution in [0.15, 0.2) is 48.5 Å². The van der Waals surface area contributed by atoms with E-state index in [0.29, 0.717) is 36.0 Å². The molecule has 0 unspecified atom stereocenters. The van der Waals surface area contributed by atoms with Crippen molar-refractivity contribution in [2.24, 2.45) is 0 Å². The van der Waals surface area contributed by atoms with E-state index in [2.05, 4.69) is 5.32 Å². The number of amides is 1. The van der Waals surface area contributed by atoms with Gasteiger partial charge in [0.25, 0.3) is 0 Å². The van der Waals surface area contributed by atoms with Crippen molar-refractivity contribution in [3.05, 3.63) is 59.7 Å². The molecule has 6 heteroatoms. The summed E-state index contributed by atoms with van der Waals surface area (Å²) >= 11 is 0. The van der Waals surface area contributed by atoms with Crippen molar-refractivity contribution in [3.63, 3.8) is 0 Å². The maximum atomic E-state index is 12.2. The average molecular weight is 383 g/mol. The van der Waals surface area contributed by atoms with Crippen molar-refractivity contribution in [2.75, 3.05) is 25.6 Å². The molecule has 6 nitrogen and oxygen atoms in total. The molecule has 0 aliphatic carbocycles. The van der Waals surface area contributed by atoms with E-state index >= 15 is 0 Å². The minimum Gasteiger partial charge on any atom is -0.493 e. The SMILES string of the molecule is CCCOc1ccc(C=CC(=O)Nc2cccc(C(=O)OCC)c2)cc1OC. The van der Waals surface area contributed by atoms with Crippen LogP contribution in [0.3, 0.4) is 0 Å². The number of hydrogen-bond acceptors (Lipinski definition) is 5. The molecule has 0 aliphatic heterocycles. The molecule has 0 heterocycles. The van der Waals surface area contributed by atoms with Crippen molar-refractivity contribution in [3.8, 4) is 11.5 Å². The molecule has 0 atom stereocenters. The van der Waals surface area contributed by atoms with Crippen molar-refractivity contribution < 1.29 is 23.8 Å². The number of anilines is 1. The molecule has 1 amide bonds. The fourth-order valence-corrected chi connectivity index (χ4v) is 2.41. The van der Waals surface area contributed by atoms with Crippen LogP contribution in [0.4, 0.5) is 5.69 Å². The summed E-state index contributed by atoms with van der Waals surface area (Å²) in [6.07, 6.45) is 4.00. The summed E-state index contributed by atoms with van der Waals surface area (Å²) in [4.78, 5) is 24.0. The molecule has 148 valence electrons. The zero-order valence-corrected chi connectivity index (χ0v) is 16.4. The van der Waals surface area contributed by atoms with Gasteiger partial charge in [-0.3, -0.25) is 4.79 Å². The summed E-state index contributed by atoms with van der Waals surface area (Å²) in [6.45, 7) is 4.68. The molecular weight excluding hydrogens is 358 g/mol. The van der Waals surface area contributed by atoms with Crippen LogP contribution in [-0.4, -0.2) is 32.2 Å². The number of carbonyl (C=O) groups is 2. The van der Waals surface area contributed by atoms with Gasteiger partial charge in [0.15, 0.2) is 11.5 Å². The number of methoxy groups -OCH3 is 1. The van der Waals surface area contributed by atoms with Gasteiger partial charge < -0.3 is 19.5 Å². The van der Waals surface area contributed by atoms with Gasteiger partial charge >= 0.3 is 5.97 Å². The molecule has 2 aromatic rings. The topological polar surface area (TPSA) is 73.9 Å². The number of esters is 1. The molecule has 0 fully saturated rings. The van der Waals surface area contributed by atoms with Gasteiger partial charge in [-0.05, 0) is 55.3 Å². The van der Waals surface area contributed by atoms with Gasteiger partial charge in [-0.2, -0.15) is 0 Å². The van der Waals surface area contributed by atoms with Crippen LogP contribution in [-0.2, 0) is 9.53 Å². The second-order valence-corrected chi connectivity index (χ2v) is 5.88. The predicted octanol–water partition coefficient (Wildman–Crippen LogP) is 4.31. The van der Waals surface area contributed by atoms with E-state index in [1.807, 2.05) is 19.1 Å². The molecule has 0 aliphatic rings. The highest BCUT2D eigenvalue weighted by Gasteiger charge is 2.08. The number of benzene rings is 2. The number of ether oxygens (including phenoxy) is 3. The van der Waals surface area contributed by atoms with E-state index < -0.39 is 5.97 Å². The monoisotopic (exact) mass is 383 g/mol. The van der Waals surface area contributed by atoms with Gasteiger partial charge in [0.1, 0.15) is 0 Å². The van der Waals surface area contributed by atoms with Gasteiger partial charge in [0, 0.05) is 11.8 Å². The molecule has 0 saturated heterocycles. The molecule has 0 aromatic heterocycles. The first-order valence-corrected chi connectivity index (χ1v) is 9.14. The molecule has 0 bridgehead atoms. The lowest BCUT2D eigenvalue weighted by atomic mass is 10.1. The lowest BCUT2D eigenvalue weighted by Gasteiger charge is -2.10. The zero-order valence-electron chi connectivity index (χ0n) is 16.4. The third kappa shape index (κ3) is 6.16. The third-order valence-corrected chi connectivity index (χ3v) is 3.72. The summed E-state index contributed by atoms with van der Waals surface area (Å²) in [6, 6.07) is 12.1. The second-order valence-electron chi connectivity index (χ2n) is 5.88. The van der Waals surface area contributed by atoms with Crippen LogP contribution >= 0.6 is 0 Å². The Bertz CT molecular complexity index is 845. The first kappa shape index (κ1) is 21.0.